The average molecular weight is 447 g/mol. The van der Waals surface area contributed by atoms with E-state index in [0.29, 0.717) is 36.7 Å². The van der Waals surface area contributed by atoms with E-state index < -0.39 is 10.0 Å². The van der Waals surface area contributed by atoms with Gasteiger partial charge in [0.15, 0.2) is 17.3 Å². The second-order valence-corrected chi connectivity index (χ2v) is 9.47. The lowest BCUT2D eigenvalue weighted by Gasteiger charge is -2.25. The van der Waals surface area contributed by atoms with Gasteiger partial charge in [-0.05, 0) is 55.6 Å². The van der Waals surface area contributed by atoms with Crippen molar-refractivity contribution < 1.29 is 22.7 Å². The Morgan fingerprint density at radius 3 is 2.29 bits per heavy atom. The Morgan fingerprint density at radius 1 is 0.968 bits per heavy atom. The number of carbonyl (C=O) groups excluding carboxylic acids is 1. The van der Waals surface area contributed by atoms with Crippen molar-refractivity contribution >= 4 is 15.8 Å². The first-order valence-electron chi connectivity index (χ1n) is 10.5. The summed E-state index contributed by atoms with van der Waals surface area (Å²) in [4.78, 5) is 12.7. The molecule has 2 aromatic carbocycles. The lowest BCUT2D eigenvalue weighted by Crippen LogP contribution is -2.35. The highest BCUT2D eigenvalue weighted by molar-refractivity contribution is 7.89. The maximum atomic E-state index is 12.7. The molecule has 2 aromatic rings. The van der Waals surface area contributed by atoms with Crippen molar-refractivity contribution in [2.45, 2.75) is 30.6 Å². The minimum Gasteiger partial charge on any atom is -0.493 e. The summed E-state index contributed by atoms with van der Waals surface area (Å²) in [6.07, 6.45) is 3.59. The summed E-state index contributed by atoms with van der Waals surface area (Å²) < 4.78 is 37.5. The molecule has 1 fully saturated rings. The number of Topliss-reactive ketones (excluding diaryl/α,β-unsaturated/α-hetero) is 1. The van der Waals surface area contributed by atoms with Crippen molar-refractivity contribution in [2.24, 2.45) is 0 Å². The van der Waals surface area contributed by atoms with E-state index in [9.17, 15) is 13.2 Å². The van der Waals surface area contributed by atoms with Crippen LogP contribution in [0.1, 0.15) is 35.2 Å². The van der Waals surface area contributed by atoms with Crippen LogP contribution in [0.25, 0.3) is 0 Å². The van der Waals surface area contributed by atoms with Crippen molar-refractivity contribution in [3.63, 3.8) is 0 Å². The van der Waals surface area contributed by atoms with E-state index >= 15 is 0 Å². The summed E-state index contributed by atoms with van der Waals surface area (Å²) in [6, 6.07) is 12.0. The van der Waals surface area contributed by atoms with Crippen LogP contribution >= 0.6 is 0 Å². The van der Waals surface area contributed by atoms with Gasteiger partial charge in [-0.2, -0.15) is 4.31 Å². The van der Waals surface area contributed by atoms with Gasteiger partial charge < -0.3 is 14.8 Å². The topological polar surface area (TPSA) is 84.9 Å². The van der Waals surface area contributed by atoms with Crippen molar-refractivity contribution in [1.29, 1.82) is 0 Å². The van der Waals surface area contributed by atoms with Gasteiger partial charge in [-0.25, -0.2) is 8.42 Å². The first-order chi connectivity index (χ1) is 15.0. The first-order valence-corrected chi connectivity index (χ1v) is 11.9. The average Bonchev–Trinajstić information content (AvgIpc) is 2.82. The SMILES string of the molecule is COc1ccc(CCNCC(=O)c2ccc(S(=O)(=O)N3CCCCC3)cc2)cc1OC. The Kier molecular flexibility index (Phi) is 8.06. The highest BCUT2D eigenvalue weighted by Crippen LogP contribution is 2.27. The number of hydrogen-bond acceptors (Lipinski definition) is 6. The highest BCUT2D eigenvalue weighted by atomic mass is 32.2. The molecule has 3 rings (SSSR count). The number of nitrogens with one attached hydrogen (secondary N) is 1. The molecule has 168 valence electrons. The van der Waals surface area contributed by atoms with Crippen LogP contribution in [-0.2, 0) is 16.4 Å². The van der Waals surface area contributed by atoms with E-state index in [1.165, 1.54) is 16.4 Å². The van der Waals surface area contributed by atoms with Gasteiger partial charge in [-0.1, -0.05) is 24.6 Å². The van der Waals surface area contributed by atoms with Gasteiger partial charge in [-0.3, -0.25) is 4.79 Å². The van der Waals surface area contributed by atoms with E-state index in [-0.39, 0.29) is 17.2 Å². The summed E-state index contributed by atoms with van der Waals surface area (Å²) in [5.74, 6) is 1.28. The Hall–Kier alpha value is -2.42. The Balaban J connectivity index is 1.51. The van der Waals surface area contributed by atoms with Crippen LogP contribution in [0.5, 0.6) is 11.5 Å². The van der Waals surface area contributed by atoms with Crippen LogP contribution in [0.2, 0.25) is 0 Å². The van der Waals surface area contributed by atoms with Crippen molar-refractivity contribution in [3.8, 4) is 11.5 Å². The Morgan fingerprint density at radius 2 is 1.65 bits per heavy atom. The third-order valence-corrected chi connectivity index (χ3v) is 7.37. The molecule has 0 saturated carbocycles. The summed E-state index contributed by atoms with van der Waals surface area (Å²) in [5.41, 5.74) is 1.57. The predicted octanol–water partition coefficient (Wildman–Crippen LogP) is 2.89. The van der Waals surface area contributed by atoms with Gasteiger partial charge in [0.1, 0.15) is 0 Å². The fourth-order valence-corrected chi connectivity index (χ4v) is 5.16. The van der Waals surface area contributed by atoms with E-state index in [1.807, 2.05) is 18.2 Å². The van der Waals surface area contributed by atoms with Crippen molar-refractivity contribution in [2.75, 3.05) is 40.4 Å². The van der Waals surface area contributed by atoms with Crippen molar-refractivity contribution in [3.05, 3.63) is 53.6 Å². The van der Waals surface area contributed by atoms with E-state index in [0.717, 1.165) is 31.2 Å². The number of ketones is 1. The summed E-state index contributed by atoms with van der Waals surface area (Å²) in [6.45, 7) is 1.94. The molecule has 1 N–H and O–H groups in total. The highest BCUT2D eigenvalue weighted by Gasteiger charge is 2.25. The third kappa shape index (κ3) is 5.84. The van der Waals surface area contributed by atoms with Gasteiger partial charge in [0.05, 0.1) is 25.7 Å². The van der Waals surface area contributed by atoms with Gasteiger partial charge in [0, 0.05) is 18.7 Å². The van der Waals surface area contributed by atoms with Gasteiger partial charge in [0.2, 0.25) is 10.0 Å². The molecule has 0 spiro atoms. The first kappa shape index (κ1) is 23.2. The quantitative estimate of drug-likeness (QED) is 0.446. The Labute approximate surface area is 184 Å². The molecule has 0 radical (unpaired) electrons. The number of benzene rings is 2. The summed E-state index contributed by atoms with van der Waals surface area (Å²) in [5, 5.41) is 3.15. The molecule has 1 saturated heterocycles. The molecular formula is C23H30N2O5S. The molecule has 1 aliphatic heterocycles. The van der Waals surface area contributed by atoms with Gasteiger partial charge in [-0.15, -0.1) is 0 Å². The molecule has 0 unspecified atom stereocenters. The molecule has 0 aliphatic carbocycles. The zero-order valence-corrected chi connectivity index (χ0v) is 18.9. The minimum absolute atomic E-state index is 0.0748. The number of methoxy groups -OCH3 is 2. The lowest BCUT2D eigenvalue weighted by molar-refractivity contribution is 0.0991. The van der Waals surface area contributed by atoms with Gasteiger partial charge in [0.25, 0.3) is 0 Å². The number of rotatable bonds is 10. The molecule has 0 atom stereocenters. The van der Waals surface area contributed by atoms with Crippen LogP contribution in [0.15, 0.2) is 47.4 Å². The molecule has 0 aromatic heterocycles. The summed E-state index contributed by atoms with van der Waals surface area (Å²) in [7, 11) is -0.283. The molecule has 1 heterocycles. The number of piperidine rings is 1. The maximum Gasteiger partial charge on any atom is 0.243 e. The zero-order chi connectivity index (χ0) is 22.3. The molecule has 1 aliphatic rings. The van der Waals surface area contributed by atoms with Crippen LogP contribution in [-0.4, -0.2) is 58.9 Å². The van der Waals surface area contributed by atoms with Gasteiger partial charge >= 0.3 is 0 Å². The van der Waals surface area contributed by atoms with E-state index in [4.69, 9.17) is 9.47 Å². The van der Waals surface area contributed by atoms with Crippen LogP contribution in [0, 0.1) is 0 Å². The second kappa shape index (κ2) is 10.7. The number of sulfonamides is 1. The molecule has 0 bridgehead atoms. The normalized spacial score (nSPS) is 14.9. The monoisotopic (exact) mass is 446 g/mol. The smallest absolute Gasteiger partial charge is 0.243 e. The standard InChI is InChI=1S/C23H30N2O5S/c1-29-22-11-6-18(16-23(22)30-2)12-13-24-17-21(26)19-7-9-20(10-8-19)31(27,28)25-14-4-3-5-15-25/h6-11,16,24H,3-5,12-15,17H2,1-2H3. The van der Waals surface area contributed by atoms with Crippen LogP contribution in [0.3, 0.4) is 0 Å². The summed E-state index contributed by atoms with van der Waals surface area (Å²) >= 11 is 0. The number of hydrogen-bond donors (Lipinski definition) is 1. The van der Waals surface area contributed by atoms with E-state index in [2.05, 4.69) is 5.32 Å². The van der Waals surface area contributed by atoms with Crippen LogP contribution < -0.4 is 14.8 Å². The molecule has 0 amide bonds. The van der Waals surface area contributed by atoms with Crippen LogP contribution in [0.4, 0.5) is 0 Å². The number of nitrogens with zero attached hydrogens (tertiary/aromatic N) is 1. The van der Waals surface area contributed by atoms with E-state index in [1.54, 1.807) is 26.4 Å². The number of carbonyl (C=O) groups is 1. The molecule has 8 heteroatoms. The largest absolute Gasteiger partial charge is 0.493 e. The van der Waals surface area contributed by atoms with Crippen molar-refractivity contribution in [1.82, 2.24) is 9.62 Å². The predicted molar refractivity (Wildman–Crippen MR) is 120 cm³/mol. The molecular weight excluding hydrogens is 416 g/mol. The fourth-order valence-electron chi connectivity index (χ4n) is 3.64. The second-order valence-electron chi connectivity index (χ2n) is 7.53. The molecule has 31 heavy (non-hydrogen) atoms. The zero-order valence-electron chi connectivity index (χ0n) is 18.1. The third-order valence-electron chi connectivity index (χ3n) is 5.45. The number of ether oxygens (including phenoxy) is 2. The fraction of sp³-hybridized carbons (Fsp3) is 0.435. The molecule has 7 nitrogen and oxygen atoms in total. The lowest BCUT2D eigenvalue weighted by atomic mass is 10.1. The maximum absolute atomic E-state index is 12.7. The Bertz CT molecular complexity index is 984. The minimum atomic E-state index is -3.48.